The molecule has 3 aromatic rings. The van der Waals surface area contributed by atoms with Crippen molar-refractivity contribution in [2.75, 3.05) is 5.75 Å². The van der Waals surface area contributed by atoms with E-state index in [1.165, 1.54) is 16.7 Å². The fourth-order valence-corrected chi connectivity index (χ4v) is 5.28. The van der Waals surface area contributed by atoms with Crippen LogP contribution in [0.4, 0.5) is 0 Å². The van der Waals surface area contributed by atoms with Crippen molar-refractivity contribution in [1.29, 1.82) is 0 Å². The molecule has 0 bridgehead atoms. The predicted molar refractivity (Wildman–Crippen MR) is 151 cm³/mol. The van der Waals surface area contributed by atoms with Crippen molar-refractivity contribution >= 4 is 23.6 Å². The molecule has 1 N–H and O–H groups in total. The molecule has 0 aliphatic carbocycles. The van der Waals surface area contributed by atoms with Gasteiger partial charge in [0.25, 0.3) is 0 Å². The molecule has 0 fully saturated rings. The van der Waals surface area contributed by atoms with Crippen molar-refractivity contribution in [2.45, 2.75) is 65.4 Å². The Morgan fingerprint density at radius 3 is 2.08 bits per heavy atom. The number of hydrogen-bond donors (Lipinski definition) is 1. The van der Waals surface area contributed by atoms with Gasteiger partial charge in [-0.3, -0.25) is 9.59 Å². The second-order valence-electron chi connectivity index (χ2n) is 9.87. The number of aryl methyl sites for hydroxylation is 3. The van der Waals surface area contributed by atoms with Gasteiger partial charge < -0.3 is 10.2 Å². The maximum Gasteiger partial charge on any atom is 0.243 e. The Balaban J connectivity index is 1.85. The maximum atomic E-state index is 13.7. The van der Waals surface area contributed by atoms with Crippen LogP contribution in [0.3, 0.4) is 0 Å². The van der Waals surface area contributed by atoms with Crippen LogP contribution in [0.1, 0.15) is 47.2 Å². The monoisotopic (exact) mass is 502 g/mol. The number of carbonyl (C=O) groups excluding carboxylic acids is 2. The van der Waals surface area contributed by atoms with Crippen LogP contribution in [0, 0.1) is 20.8 Å². The first-order valence-corrected chi connectivity index (χ1v) is 13.7. The normalized spacial score (nSPS) is 11.8. The Kier molecular flexibility index (Phi) is 10.2. The quantitative estimate of drug-likeness (QED) is 0.349. The van der Waals surface area contributed by atoms with Crippen molar-refractivity contribution in [3.8, 4) is 0 Å². The second kappa shape index (κ2) is 13.3. The number of carbonyl (C=O) groups is 2. The molecule has 0 radical (unpaired) electrons. The molecule has 1 atom stereocenters. The fraction of sp³-hybridized carbons (Fsp3) is 0.355. The van der Waals surface area contributed by atoms with E-state index in [0.29, 0.717) is 18.7 Å². The van der Waals surface area contributed by atoms with E-state index in [4.69, 9.17) is 0 Å². The lowest BCUT2D eigenvalue weighted by atomic mass is 10.0. The lowest BCUT2D eigenvalue weighted by Gasteiger charge is -2.32. The Labute approximate surface area is 220 Å². The first-order chi connectivity index (χ1) is 17.2. The number of nitrogens with zero attached hydrogens (tertiary/aromatic N) is 1. The van der Waals surface area contributed by atoms with E-state index in [1.54, 1.807) is 16.7 Å². The van der Waals surface area contributed by atoms with E-state index < -0.39 is 6.04 Å². The highest BCUT2D eigenvalue weighted by Gasteiger charge is 2.30. The smallest absolute Gasteiger partial charge is 0.243 e. The van der Waals surface area contributed by atoms with Crippen LogP contribution in [0.5, 0.6) is 0 Å². The summed E-state index contributed by atoms with van der Waals surface area (Å²) in [5.74, 6) is 0.938. The van der Waals surface area contributed by atoms with Crippen LogP contribution in [-0.2, 0) is 28.3 Å². The summed E-state index contributed by atoms with van der Waals surface area (Å²) in [7, 11) is 0. The molecule has 0 aliphatic rings. The lowest BCUT2D eigenvalue weighted by Crippen LogP contribution is -2.52. The zero-order valence-corrected chi connectivity index (χ0v) is 22.9. The van der Waals surface area contributed by atoms with E-state index in [-0.39, 0.29) is 17.9 Å². The van der Waals surface area contributed by atoms with Gasteiger partial charge in [-0.25, -0.2) is 0 Å². The van der Waals surface area contributed by atoms with Crippen LogP contribution in [0.15, 0.2) is 72.8 Å². The van der Waals surface area contributed by atoms with Gasteiger partial charge in [-0.05, 0) is 51.3 Å². The molecule has 0 aromatic heterocycles. The van der Waals surface area contributed by atoms with Gasteiger partial charge in [-0.15, -0.1) is 11.8 Å². The number of rotatable bonds is 11. The average Bonchev–Trinajstić information content (AvgIpc) is 2.81. The van der Waals surface area contributed by atoms with Crippen molar-refractivity contribution in [2.24, 2.45) is 0 Å². The molecule has 0 spiro atoms. The van der Waals surface area contributed by atoms with E-state index in [9.17, 15) is 9.59 Å². The topological polar surface area (TPSA) is 49.4 Å². The van der Waals surface area contributed by atoms with Gasteiger partial charge in [0.1, 0.15) is 6.04 Å². The van der Waals surface area contributed by atoms with Crippen LogP contribution < -0.4 is 5.32 Å². The summed E-state index contributed by atoms with van der Waals surface area (Å²) < 4.78 is 0. The van der Waals surface area contributed by atoms with E-state index in [1.807, 2.05) is 69.3 Å². The third-order valence-electron chi connectivity index (χ3n) is 5.91. The fourth-order valence-electron chi connectivity index (χ4n) is 4.43. The van der Waals surface area contributed by atoms with Crippen molar-refractivity contribution in [3.63, 3.8) is 0 Å². The largest absolute Gasteiger partial charge is 0.352 e. The van der Waals surface area contributed by atoms with Gasteiger partial charge in [0.2, 0.25) is 11.8 Å². The minimum Gasteiger partial charge on any atom is -0.352 e. The lowest BCUT2D eigenvalue weighted by molar-refractivity contribution is -0.139. The van der Waals surface area contributed by atoms with E-state index in [2.05, 4.69) is 43.4 Å². The molecule has 3 rings (SSSR count). The molecule has 4 nitrogen and oxygen atoms in total. The summed E-state index contributed by atoms with van der Waals surface area (Å²) in [5, 5.41) is 3.05. The molecule has 36 heavy (non-hydrogen) atoms. The molecule has 0 heterocycles. The molecular formula is C31H38N2O2S. The summed E-state index contributed by atoms with van der Waals surface area (Å²) in [5.41, 5.74) is 6.87. The summed E-state index contributed by atoms with van der Waals surface area (Å²) in [4.78, 5) is 28.9. The number of nitrogens with one attached hydrogen (secondary N) is 1. The highest BCUT2D eigenvalue weighted by molar-refractivity contribution is 7.99. The van der Waals surface area contributed by atoms with Gasteiger partial charge in [0.05, 0.1) is 5.75 Å². The summed E-state index contributed by atoms with van der Waals surface area (Å²) in [6.07, 6.45) is 0.471. The van der Waals surface area contributed by atoms with Gasteiger partial charge in [-0.1, -0.05) is 89.5 Å². The Hall–Kier alpha value is -3.05. The minimum atomic E-state index is -0.593. The van der Waals surface area contributed by atoms with Gasteiger partial charge >= 0.3 is 0 Å². The van der Waals surface area contributed by atoms with Gasteiger partial charge in [0.15, 0.2) is 0 Å². The highest BCUT2D eigenvalue weighted by atomic mass is 32.2. The third kappa shape index (κ3) is 8.56. The SMILES string of the molecule is Cc1cc(C)cc(CSCC(=O)N(Cc2cccc(C)c2)[C@H](Cc2ccccc2)C(=O)NC(C)C)c1. The molecule has 190 valence electrons. The van der Waals surface area contributed by atoms with Crippen molar-refractivity contribution < 1.29 is 9.59 Å². The van der Waals surface area contributed by atoms with E-state index >= 15 is 0 Å². The Morgan fingerprint density at radius 1 is 0.806 bits per heavy atom. The predicted octanol–water partition coefficient (Wildman–Crippen LogP) is 6.01. The van der Waals surface area contributed by atoms with Crippen LogP contribution in [-0.4, -0.2) is 34.6 Å². The van der Waals surface area contributed by atoms with Crippen molar-refractivity contribution in [1.82, 2.24) is 10.2 Å². The molecule has 2 amide bonds. The first-order valence-electron chi connectivity index (χ1n) is 12.6. The molecule has 0 unspecified atom stereocenters. The average molecular weight is 503 g/mol. The number of amides is 2. The highest BCUT2D eigenvalue weighted by Crippen LogP contribution is 2.20. The first kappa shape index (κ1) is 27.5. The third-order valence-corrected chi connectivity index (χ3v) is 6.90. The number of benzene rings is 3. The Morgan fingerprint density at radius 2 is 1.44 bits per heavy atom. The minimum absolute atomic E-state index is 0.00868. The molecule has 5 heteroatoms. The van der Waals surface area contributed by atoms with Crippen LogP contribution in [0.25, 0.3) is 0 Å². The van der Waals surface area contributed by atoms with Crippen LogP contribution >= 0.6 is 11.8 Å². The van der Waals surface area contributed by atoms with Crippen molar-refractivity contribution in [3.05, 3.63) is 106 Å². The van der Waals surface area contributed by atoms with E-state index in [0.717, 1.165) is 22.4 Å². The summed E-state index contributed by atoms with van der Waals surface area (Å²) in [6.45, 7) is 10.5. The second-order valence-corrected chi connectivity index (χ2v) is 10.9. The standard InChI is InChI=1S/C31H38N2O2S/c1-22(2)32-31(35)29(18-26-11-7-6-8-12-26)33(19-27-13-9-10-23(3)15-27)30(34)21-36-20-28-16-24(4)14-25(5)17-28/h6-17,22,29H,18-21H2,1-5H3,(H,32,35)/t29-/m1/s1. The molecule has 3 aromatic carbocycles. The van der Waals surface area contributed by atoms with Gasteiger partial charge in [-0.2, -0.15) is 0 Å². The summed E-state index contributed by atoms with van der Waals surface area (Å²) >= 11 is 1.60. The molecule has 0 saturated carbocycles. The zero-order valence-electron chi connectivity index (χ0n) is 22.1. The zero-order chi connectivity index (χ0) is 26.1. The molecule has 0 aliphatic heterocycles. The summed E-state index contributed by atoms with van der Waals surface area (Å²) in [6, 6.07) is 24.0. The number of thioether (sulfide) groups is 1. The van der Waals surface area contributed by atoms with Gasteiger partial charge in [0, 0.05) is 24.8 Å². The van der Waals surface area contributed by atoms with Crippen LogP contribution in [0.2, 0.25) is 0 Å². The number of hydrogen-bond acceptors (Lipinski definition) is 3. The molecule has 0 saturated heterocycles. The Bertz CT molecular complexity index is 1140. The molecular weight excluding hydrogens is 464 g/mol. The maximum absolute atomic E-state index is 13.7.